The van der Waals surface area contributed by atoms with Crippen LogP contribution < -0.4 is 9.64 Å². The van der Waals surface area contributed by atoms with E-state index in [9.17, 15) is 4.79 Å². The Balaban J connectivity index is 1.54. The normalized spacial score (nSPS) is 18.7. The third kappa shape index (κ3) is 3.58. The van der Waals surface area contributed by atoms with Crippen LogP contribution in [0.25, 0.3) is 17.0 Å². The first-order valence-electron chi connectivity index (χ1n) is 11.8. The monoisotopic (exact) mass is 465 g/mol. The Kier molecular flexibility index (Phi) is 4.78. The van der Waals surface area contributed by atoms with Gasteiger partial charge in [-0.1, -0.05) is 44.2 Å². The molecule has 35 heavy (non-hydrogen) atoms. The van der Waals surface area contributed by atoms with Crippen molar-refractivity contribution in [3.8, 4) is 17.3 Å². The third-order valence-electron chi connectivity index (χ3n) is 6.84. The average Bonchev–Trinajstić information content (AvgIpc) is 3.27. The van der Waals surface area contributed by atoms with Gasteiger partial charge < -0.3 is 9.64 Å². The van der Waals surface area contributed by atoms with Crippen molar-refractivity contribution in [1.29, 1.82) is 0 Å². The lowest BCUT2D eigenvalue weighted by Gasteiger charge is -2.37. The quantitative estimate of drug-likeness (QED) is 0.423. The molecule has 1 aliphatic heterocycles. The number of nitrogens with zero attached hydrogens (tertiary/aromatic N) is 5. The Hall–Kier alpha value is -4.00. The van der Waals surface area contributed by atoms with E-state index >= 15 is 0 Å². The number of rotatable bonds is 3. The van der Waals surface area contributed by atoms with Gasteiger partial charge in [0.1, 0.15) is 12.1 Å². The predicted molar refractivity (Wildman–Crippen MR) is 135 cm³/mol. The molecular weight excluding hydrogens is 438 g/mol. The highest BCUT2D eigenvalue weighted by atomic mass is 16.5. The van der Waals surface area contributed by atoms with Crippen LogP contribution in [0.15, 0.2) is 72.3 Å². The number of hydrogen-bond donors (Lipinski definition) is 0. The first-order chi connectivity index (χ1) is 16.8. The zero-order chi connectivity index (χ0) is 24.3. The van der Waals surface area contributed by atoms with Crippen molar-refractivity contribution >= 4 is 17.1 Å². The molecule has 0 N–H and O–H groups in total. The molecule has 0 saturated carbocycles. The summed E-state index contributed by atoms with van der Waals surface area (Å²) in [7, 11) is 4.02. The molecule has 7 nitrogen and oxygen atoms in total. The molecular formula is C28H27N5O2. The van der Waals surface area contributed by atoms with Crippen LogP contribution in [0.1, 0.15) is 43.7 Å². The standard InChI is InChI=1S/C28H27N5O2/c1-28(2)14-20(34)23-21(15-28)35-27-24(22(23)17-8-6-5-7-9-17)26-30-25(31-33(26)16-29-27)18-10-12-19(13-11-18)32(3)4/h5-13,16,22H,14-15H2,1-4H3/t22-/m1/s1. The van der Waals surface area contributed by atoms with Crippen LogP contribution in [0.5, 0.6) is 5.88 Å². The number of Topliss-reactive ketones (excluding diaryl/α,β-unsaturated/α-hetero) is 1. The Morgan fingerprint density at radius 1 is 1.03 bits per heavy atom. The maximum atomic E-state index is 13.5. The highest BCUT2D eigenvalue weighted by Gasteiger charge is 2.43. The van der Waals surface area contributed by atoms with E-state index in [-0.39, 0.29) is 17.1 Å². The average molecular weight is 466 g/mol. The molecule has 0 spiro atoms. The number of carbonyl (C=O) groups excluding carboxylic acids is 1. The maximum absolute atomic E-state index is 13.5. The van der Waals surface area contributed by atoms with Crippen LogP contribution in [-0.4, -0.2) is 39.5 Å². The second kappa shape index (κ2) is 7.77. The molecule has 2 aliphatic rings. The van der Waals surface area contributed by atoms with E-state index in [4.69, 9.17) is 14.8 Å². The number of carbonyl (C=O) groups is 1. The van der Waals surface area contributed by atoms with Gasteiger partial charge in [0.15, 0.2) is 17.3 Å². The number of fused-ring (bicyclic) bond motifs is 3. The van der Waals surface area contributed by atoms with Crippen molar-refractivity contribution in [3.05, 3.63) is 83.4 Å². The molecule has 0 unspecified atom stereocenters. The molecule has 176 valence electrons. The van der Waals surface area contributed by atoms with E-state index in [1.165, 1.54) is 0 Å². The smallest absolute Gasteiger partial charge is 0.228 e. The van der Waals surface area contributed by atoms with Gasteiger partial charge in [-0.3, -0.25) is 4.79 Å². The zero-order valence-corrected chi connectivity index (χ0v) is 20.3. The third-order valence-corrected chi connectivity index (χ3v) is 6.84. The molecule has 2 aromatic carbocycles. The molecule has 0 bridgehead atoms. The van der Waals surface area contributed by atoms with Crippen LogP contribution >= 0.6 is 0 Å². The number of ether oxygens (including phenoxy) is 1. The van der Waals surface area contributed by atoms with Gasteiger partial charge in [-0.15, -0.1) is 5.10 Å². The summed E-state index contributed by atoms with van der Waals surface area (Å²) in [5.74, 6) is 1.65. The van der Waals surface area contributed by atoms with Gasteiger partial charge in [-0.25, -0.2) is 14.5 Å². The van der Waals surface area contributed by atoms with Gasteiger partial charge in [0.25, 0.3) is 0 Å². The number of hydrogen-bond acceptors (Lipinski definition) is 6. The van der Waals surface area contributed by atoms with Crippen molar-refractivity contribution in [2.45, 2.75) is 32.6 Å². The molecule has 7 heteroatoms. The van der Waals surface area contributed by atoms with Gasteiger partial charge in [0.05, 0.1) is 5.56 Å². The predicted octanol–water partition coefficient (Wildman–Crippen LogP) is 5.02. The molecule has 4 aromatic rings. The minimum Gasteiger partial charge on any atom is -0.442 e. The Labute approximate surface area is 204 Å². The lowest BCUT2D eigenvalue weighted by atomic mass is 9.70. The van der Waals surface area contributed by atoms with Gasteiger partial charge in [0, 0.05) is 49.7 Å². The second-order valence-electron chi connectivity index (χ2n) is 10.3. The summed E-state index contributed by atoms with van der Waals surface area (Å²) in [5.41, 5.74) is 5.04. The van der Waals surface area contributed by atoms with Crippen molar-refractivity contribution in [2.75, 3.05) is 19.0 Å². The van der Waals surface area contributed by atoms with Crippen molar-refractivity contribution in [3.63, 3.8) is 0 Å². The van der Waals surface area contributed by atoms with Crippen molar-refractivity contribution < 1.29 is 9.53 Å². The van der Waals surface area contributed by atoms with Crippen LogP contribution in [0, 0.1) is 5.41 Å². The molecule has 3 heterocycles. The van der Waals surface area contributed by atoms with Crippen LogP contribution in [-0.2, 0) is 4.79 Å². The summed E-state index contributed by atoms with van der Waals surface area (Å²) < 4.78 is 8.01. The Morgan fingerprint density at radius 2 is 1.77 bits per heavy atom. The molecule has 0 fully saturated rings. The highest BCUT2D eigenvalue weighted by molar-refractivity contribution is 6.00. The zero-order valence-electron chi connectivity index (χ0n) is 20.3. The van der Waals surface area contributed by atoms with Crippen LogP contribution in [0.3, 0.4) is 0 Å². The highest BCUT2D eigenvalue weighted by Crippen LogP contribution is 2.50. The number of ketones is 1. The Bertz CT molecular complexity index is 1480. The van der Waals surface area contributed by atoms with E-state index in [1.807, 2.05) is 56.6 Å². The topological polar surface area (TPSA) is 72.6 Å². The number of benzene rings is 2. The summed E-state index contributed by atoms with van der Waals surface area (Å²) in [6.07, 6.45) is 2.82. The number of aromatic nitrogens is 4. The first-order valence-corrected chi connectivity index (χ1v) is 11.8. The van der Waals surface area contributed by atoms with E-state index in [2.05, 4.69) is 35.9 Å². The lowest BCUT2D eigenvalue weighted by Crippen LogP contribution is -2.33. The minimum absolute atomic E-state index is 0.122. The molecule has 0 amide bonds. The fourth-order valence-corrected chi connectivity index (χ4v) is 5.16. The summed E-state index contributed by atoms with van der Waals surface area (Å²) in [6.45, 7) is 4.21. The maximum Gasteiger partial charge on any atom is 0.228 e. The Morgan fingerprint density at radius 3 is 2.49 bits per heavy atom. The molecule has 0 radical (unpaired) electrons. The number of allylic oxidation sites excluding steroid dienone is 2. The van der Waals surface area contributed by atoms with Crippen molar-refractivity contribution in [1.82, 2.24) is 19.6 Å². The van der Waals surface area contributed by atoms with Crippen LogP contribution in [0.4, 0.5) is 5.69 Å². The molecule has 0 saturated heterocycles. The van der Waals surface area contributed by atoms with E-state index in [0.717, 1.165) is 33.7 Å². The van der Waals surface area contributed by atoms with E-state index in [0.29, 0.717) is 30.2 Å². The SMILES string of the molecule is CN(C)c1ccc(-c2nc3c4c(ncn3n2)OC2=C(C(=O)CC(C)(C)C2)[C@H]4c2ccccc2)cc1. The van der Waals surface area contributed by atoms with Crippen molar-refractivity contribution in [2.24, 2.45) is 5.41 Å². The molecule has 2 aromatic heterocycles. The summed E-state index contributed by atoms with van der Waals surface area (Å²) >= 11 is 0. The minimum atomic E-state index is -0.303. The fraction of sp³-hybridized carbons (Fsp3) is 0.286. The van der Waals surface area contributed by atoms with E-state index in [1.54, 1.807) is 10.8 Å². The van der Waals surface area contributed by atoms with E-state index < -0.39 is 0 Å². The van der Waals surface area contributed by atoms with Gasteiger partial charge >= 0.3 is 0 Å². The van der Waals surface area contributed by atoms with Gasteiger partial charge in [-0.2, -0.15) is 0 Å². The largest absolute Gasteiger partial charge is 0.442 e. The summed E-state index contributed by atoms with van der Waals surface area (Å²) in [4.78, 5) is 25.1. The molecule has 6 rings (SSSR count). The van der Waals surface area contributed by atoms with Crippen LogP contribution in [0.2, 0.25) is 0 Å². The molecule has 1 atom stereocenters. The number of anilines is 1. The molecule has 1 aliphatic carbocycles. The first kappa shape index (κ1) is 21.5. The fourth-order valence-electron chi connectivity index (χ4n) is 5.16. The summed E-state index contributed by atoms with van der Waals surface area (Å²) in [6, 6.07) is 18.2. The lowest BCUT2D eigenvalue weighted by molar-refractivity contribution is -0.118. The van der Waals surface area contributed by atoms with Gasteiger partial charge in [-0.05, 0) is 35.2 Å². The van der Waals surface area contributed by atoms with Gasteiger partial charge in [0.2, 0.25) is 5.88 Å². The second-order valence-corrected chi connectivity index (χ2v) is 10.3. The summed E-state index contributed by atoms with van der Waals surface area (Å²) in [5, 5.41) is 4.71.